The summed E-state index contributed by atoms with van der Waals surface area (Å²) in [5.74, 6) is 0. The van der Waals surface area contributed by atoms with Crippen molar-refractivity contribution in [1.29, 1.82) is 0 Å². The summed E-state index contributed by atoms with van der Waals surface area (Å²) in [6, 6.07) is 5.98. The molecule has 2 N–H and O–H groups in total. The van der Waals surface area contributed by atoms with Crippen LogP contribution in [0.1, 0.15) is 5.56 Å². The average Bonchev–Trinajstić information content (AvgIpc) is 2.87. The predicted octanol–water partition coefficient (Wildman–Crippen LogP) is 2.24. The van der Waals surface area contributed by atoms with Crippen molar-refractivity contribution in [2.24, 2.45) is 0 Å². The van der Waals surface area contributed by atoms with Gasteiger partial charge in [-0.05, 0) is 17.7 Å². The van der Waals surface area contributed by atoms with Crippen molar-refractivity contribution in [1.82, 2.24) is 15.2 Å². The first kappa shape index (κ1) is 13.9. The number of ether oxygens (including phenoxy) is 1. The van der Waals surface area contributed by atoms with E-state index in [1.165, 1.54) is 10.9 Å². The molecule has 3 rings (SSSR count). The molecule has 1 aromatic heterocycles. The van der Waals surface area contributed by atoms with E-state index in [9.17, 15) is 0 Å². The summed E-state index contributed by atoms with van der Waals surface area (Å²) in [5, 5.41) is 5.52. The fraction of sp³-hybridized carbons (Fsp3) is 0.467. The van der Waals surface area contributed by atoms with Crippen molar-refractivity contribution >= 4 is 22.5 Å². The second-order valence-corrected chi connectivity index (χ2v) is 5.57. The van der Waals surface area contributed by atoms with Gasteiger partial charge in [-0.25, -0.2) is 0 Å². The molecule has 0 spiro atoms. The molecule has 2 heterocycles. The molecule has 0 atom stereocenters. The predicted molar refractivity (Wildman–Crippen MR) is 82.3 cm³/mol. The SMILES string of the molecule is Clc1ccc2c(CNCCN3CCOCC3)c[nH]c2c1. The van der Waals surface area contributed by atoms with Crippen LogP contribution in [0.5, 0.6) is 0 Å². The number of rotatable bonds is 5. The van der Waals surface area contributed by atoms with Crippen LogP contribution in [0.2, 0.25) is 5.02 Å². The fourth-order valence-electron chi connectivity index (χ4n) is 2.59. The van der Waals surface area contributed by atoms with Crippen molar-refractivity contribution < 1.29 is 4.74 Å². The molecule has 0 bridgehead atoms. The Bertz CT molecular complexity index is 563. The molecule has 1 saturated heterocycles. The number of nitrogens with zero attached hydrogens (tertiary/aromatic N) is 1. The minimum Gasteiger partial charge on any atom is -0.379 e. The monoisotopic (exact) mass is 293 g/mol. The maximum absolute atomic E-state index is 5.99. The Hall–Kier alpha value is -1.07. The van der Waals surface area contributed by atoms with Crippen LogP contribution in [0.3, 0.4) is 0 Å². The summed E-state index contributed by atoms with van der Waals surface area (Å²) in [6.45, 7) is 6.79. The van der Waals surface area contributed by atoms with Crippen LogP contribution in [0.4, 0.5) is 0 Å². The zero-order valence-electron chi connectivity index (χ0n) is 11.5. The van der Waals surface area contributed by atoms with Crippen LogP contribution in [0.25, 0.3) is 10.9 Å². The quantitative estimate of drug-likeness (QED) is 0.831. The molecular weight excluding hydrogens is 274 g/mol. The standard InChI is InChI=1S/C15H20ClN3O/c16-13-1-2-14-12(11-18-15(14)9-13)10-17-3-4-19-5-7-20-8-6-19/h1-2,9,11,17-18H,3-8,10H2. The third-order valence-electron chi connectivity index (χ3n) is 3.75. The van der Waals surface area contributed by atoms with Crippen LogP contribution in [0.15, 0.2) is 24.4 Å². The largest absolute Gasteiger partial charge is 0.379 e. The van der Waals surface area contributed by atoms with Gasteiger partial charge in [0.25, 0.3) is 0 Å². The van der Waals surface area contributed by atoms with Gasteiger partial charge in [-0.2, -0.15) is 0 Å². The number of H-pyrrole nitrogens is 1. The van der Waals surface area contributed by atoms with Gasteiger partial charge in [-0.1, -0.05) is 17.7 Å². The van der Waals surface area contributed by atoms with Crippen LogP contribution < -0.4 is 5.32 Å². The molecule has 0 aliphatic carbocycles. The Morgan fingerprint density at radius 3 is 3.00 bits per heavy atom. The zero-order valence-corrected chi connectivity index (χ0v) is 12.2. The van der Waals surface area contributed by atoms with Crippen LogP contribution in [0, 0.1) is 0 Å². The molecule has 1 aliphatic heterocycles. The van der Waals surface area contributed by atoms with Gasteiger partial charge < -0.3 is 15.0 Å². The first-order chi connectivity index (χ1) is 9.83. The second-order valence-electron chi connectivity index (χ2n) is 5.13. The first-order valence-electron chi connectivity index (χ1n) is 7.09. The summed E-state index contributed by atoms with van der Waals surface area (Å²) >= 11 is 5.99. The summed E-state index contributed by atoms with van der Waals surface area (Å²) in [5.41, 5.74) is 2.39. The molecule has 0 saturated carbocycles. The molecule has 0 unspecified atom stereocenters. The summed E-state index contributed by atoms with van der Waals surface area (Å²) in [4.78, 5) is 5.70. The third-order valence-corrected chi connectivity index (χ3v) is 3.99. The molecule has 20 heavy (non-hydrogen) atoms. The van der Waals surface area contributed by atoms with Crippen LogP contribution in [-0.4, -0.2) is 49.3 Å². The van der Waals surface area contributed by atoms with E-state index in [0.29, 0.717) is 0 Å². The molecule has 108 valence electrons. The Morgan fingerprint density at radius 2 is 2.15 bits per heavy atom. The summed E-state index contributed by atoms with van der Waals surface area (Å²) in [7, 11) is 0. The number of aromatic amines is 1. The van der Waals surface area contributed by atoms with E-state index in [0.717, 1.165) is 56.5 Å². The van der Waals surface area contributed by atoms with E-state index in [-0.39, 0.29) is 0 Å². The Kier molecular flexibility index (Phi) is 4.58. The second kappa shape index (κ2) is 6.59. The van der Waals surface area contributed by atoms with E-state index in [1.54, 1.807) is 0 Å². The molecule has 0 radical (unpaired) electrons. The fourth-order valence-corrected chi connectivity index (χ4v) is 2.76. The van der Waals surface area contributed by atoms with E-state index in [4.69, 9.17) is 16.3 Å². The van der Waals surface area contributed by atoms with E-state index in [1.807, 2.05) is 12.1 Å². The van der Waals surface area contributed by atoms with Gasteiger partial charge in [0.2, 0.25) is 0 Å². The number of hydrogen-bond donors (Lipinski definition) is 2. The number of benzene rings is 1. The summed E-state index contributed by atoms with van der Waals surface area (Å²) in [6.07, 6.45) is 2.06. The smallest absolute Gasteiger partial charge is 0.0594 e. The zero-order chi connectivity index (χ0) is 13.8. The van der Waals surface area contributed by atoms with Gasteiger partial charge in [-0.3, -0.25) is 4.90 Å². The van der Waals surface area contributed by atoms with Gasteiger partial charge in [0, 0.05) is 54.8 Å². The molecule has 2 aromatic rings. The van der Waals surface area contributed by atoms with E-state index in [2.05, 4.69) is 27.5 Å². The maximum atomic E-state index is 5.99. The number of fused-ring (bicyclic) bond motifs is 1. The molecular formula is C15H20ClN3O. The molecule has 1 aromatic carbocycles. The maximum Gasteiger partial charge on any atom is 0.0594 e. The molecule has 1 fully saturated rings. The highest BCUT2D eigenvalue weighted by Crippen LogP contribution is 2.21. The third kappa shape index (κ3) is 3.33. The highest BCUT2D eigenvalue weighted by atomic mass is 35.5. The number of halogens is 1. The van der Waals surface area contributed by atoms with Crippen molar-refractivity contribution in [3.63, 3.8) is 0 Å². The lowest BCUT2D eigenvalue weighted by atomic mass is 10.2. The van der Waals surface area contributed by atoms with E-state index >= 15 is 0 Å². The number of nitrogens with one attached hydrogen (secondary N) is 2. The highest BCUT2D eigenvalue weighted by Gasteiger charge is 2.09. The first-order valence-corrected chi connectivity index (χ1v) is 7.47. The van der Waals surface area contributed by atoms with E-state index < -0.39 is 0 Å². The Morgan fingerprint density at radius 1 is 1.30 bits per heavy atom. The van der Waals surface area contributed by atoms with Crippen molar-refractivity contribution in [2.75, 3.05) is 39.4 Å². The Labute approximate surface area is 124 Å². The lowest BCUT2D eigenvalue weighted by molar-refractivity contribution is 0.0384. The van der Waals surface area contributed by atoms with Gasteiger partial charge >= 0.3 is 0 Å². The highest BCUT2D eigenvalue weighted by molar-refractivity contribution is 6.31. The van der Waals surface area contributed by atoms with Crippen molar-refractivity contribution in [3.05, 3.63) is 35.0 Å². The van der Waals surface area contributed by atoms with Crippen LogP contribution in [-0.2, 0) is 11.3 Å². The minimum absolute atomic E-state index is 0.770. The molecule has 1 aliphatic rings. The topological polar surface area (TPSA) is 40.3 Å². The van der Waals surface area contributed by atoms with Crippen molar-refractivity contribution in [3.8, 4) is 0 Å². The molecule has 5 heteroatoms. The van der Waals surface area contributed by atoms with Gasteiger partial charge in [0.1, 0.15) is 0 Å². The number of hydrogen-bond acceptors (Lipinski definition) is 3. The Balaban J connectivity index is 1.49. The van der Waals surface area contributed by atoms with Crippen molar-refractivity contribution in [2.45, 2.75) is 6.54 Å². The number of aromatic nitrogens is 1. The summed E-state index contributed by atoms with van der Waals surface area (Å²) < 4.78 is 5.35. The van der Waals surface area contributed by atoms with Gasteiger partial charge in [0.05, 0.1) is 13.2 Å². The lowest BCUT2D eigenvalue weighted by Crippen LogP contribution is -2.40. The van der Waals surface area contributed by atoms with Crippen LogP contribution >= 0.6 is 11.6 Å². The molecule has 4 nitrogen and oxygen atoms in total. The minimum atomic E-state index is 0.770. The van der Waals surface area contributed by atoms with Gasteiger partial charge in [0.15, 0.2) is 0 Å². The lowest BCUT2D eigenvalue weighted by Gasteiger charge is -2.26. The normalized spacial score (nSPS) is 16.9. The average molecular weight is 294 g/mol. The number of morpholine rings is 1. The van der Waals surface area contributed by atoms with Gasteiger partial charge in [-0.15, -0.1) is 0 Å². The molecule has 0 amide bonds.